The summed E-state index contributed by atoms with van der Waals surface area (Å²) >= 11 is 0. The number of anilines is 1. The number of fused-ring (bicyclic) bond motifs is 2. The summed E-state index contributed by atoms with van der Waals surface area (Å²) in [4.78, 5) is 54.9. The van der Waals surface area contributed by atoms with Crippen molar-refractivity contribution in [1.82, 2.24) is 9.88 Å². The molecule has 0 unspecified atom stereocenters. The zero-order valence-corrected chi connectivity index (χ0v) is 18.3. The number of pyridine rings is 1. The van der Waals surface area contributed by atoms with E-state index < -0.39 is 30.3 Å². The molecule has 33 heavy (non-hydrogen) atoms. The maximum Gasteiger partial charge on any atom is 0.340 e. The molecule has 2 aromatic carbocycles. The molecule has 9 heteroatoms. The van der Waals surface area contributed by atoms with Crippen molar-refractivity contribution in [1.29, 1.82) is 0 Å². The first-order chi connectivity index (χ1) is 15.8. The van der Waals surface area contributed by atoms with Gasteiger partial charge in [0.2, 0.25) is 0 Å². The van der Waals surface area contributed by atoms with Gasteiger partial charge in [0.1, 0.15) is 0 Å². The quantitative estimate of drug-likeness (QED) is 0.456. The predicted molar refractivity (Wildman–Crippen MR) is 119 cm³/mol. The number of aromatic nitrogens is 1. The van der Waals surface area contributed by atoms with Gasteiger partial charge >= 0.3 is 5.97 Å². The minimum atomic E-state index is -0.690. The first-order valence-corrected chi connectivity index (χ1v) is 10.1. The summed E-state index contributed by atoms with van der Waals surface area (Å²) in [5.74, 6) is -2.12. The van der Waals surface area contributed by atoms with Crippen LogP contribution < -0.4 is 5.32 Å². The van der Waals surface area contributed by atoms with Crippen molar-refractivity contribution < 1.29 is 28.7 Å². The van der Waals surface area contributed by atoms with Gasteiger partial charge < -0.3 is 14.8 Å². The van der Waals surface area contributed by atoms with Gasteiger partial charge in [0.25, 0.3) is 17.7 Å². The lowest BCUT2D eigenvalue weighted by molar-refractivity contribution is -0.119. The van der Waals surface area contributed by atoms with Crippen LogP contribution in [0.1, 0.15) is 42.3 Å². The van der Waals surface area contributed by atoms with Gasteiger partial charge in [-0.05, 0) is 36.8 Å². The van der Waals surface area contributed by atoms with E-state index in [-0.39, 0.29) is 23.3 Å². The molecule has 0 aliphatic carbocycles. The number of benzene rings is 2. The second kappa shape index (κ2) is 8.79. The van der Waals surface area contributed by atoms with Crippen LogP contribution in [0.5, 0.6) is 0 Å². The van der Waals surface area contributed by atoms with Crippen molar-refractivity contribution >= 4 is 40.3 Å². The zero-order chi connectivity index (χ0) is 23.7. The van der Waals surface area contributed by atoms with E-state index in [1.807, 2.05) is 24.3 Å². The summed E-state index contributed by atoms with van der Waals surface area (Å²) in [7, 11) is 2.89. The van der Waals surface area contributed by atoms with Crippen molar-refractivity contribution in [3.05, 3.63) is 70.4 Å². The summed E-state index contributed by atoms with van der Waals surface area (Å²) < 4.78 is 10.4. The van der Waals surface area contributed by atoms with Crippen molar-refractivity contribution in [3.8, 4) is 0 Å². The highest BCUT2D eigenvalue weighted by atomic mass is 16.5. The Labute approximate surface area is 189 Å². The Morgan fingerprint density at radius 3 is 2.55 bits per heavy atom. The molecular formula is C24H21N3O6. The molecule has 0 atom stereocenters. The molecule has 0 fully saturated rings. The van der Waals surface area contributed by atoms with Crippen molar-refractivity contribution in [2.24, 2.45) is 0 Å². The molecule has 3 aromatic rings. The average molecular weight is 447 g/mol. The first-order valence-electron chi connectivity index (χ1n) is 10.1. The van der Waals surface area contributed by atoms with Gasteiger partial charge in [-0.15, -0.1) is 0 Å². The monoisotopic (exact) mass is 447 g/mol. The molecule has 0 bridgehead atoms. The van der Waals surface area contributed by atoms with Crippen LogP contribution in [0, 0.1) is 6.92 Å². The van der Waals surface area contributed by atoms with Crippen LogP contribution in [0.25, 0.3) is 10.9 Å². The Balaban J connectivity index is 1.49. The summed E-state index contributed by atoms with van der Waals surface area (Å²) in [5.41, 5.74) is 2.89. The fourth-order valence-corrected chi connectivity index (χ4v) is 3.79. The molecule has 3 amide bonds. The molecular weight excluding hydrogens is 426 g/mol. The Bertz CT molecular complexity index is 1320. The maximum absolute atomic E-state index is 12.8. The standard InChI is InChI=1S/C24H21N3O6/c1-13-15-6-4-5-7-18(15)26-19(11-32-3)21(13)24(31)33-12-20(28)25-14-8-9-16-17(10-14)23(30)27(2)22(16)29/h4-10H,11-12H2,1-3H3,(H,25,28). The lowest BCUT2D eigenvalue weighted by Crippen LogP contribution is -2.24. The highest BCUT2D eigenvalue weighted by Crippen LogP contribution is 2.26. The molecule has 0 spiro atoms. The van der Waals surface area contributed by atoms with E-state index in [9.17, 15) is 19.2 Å². The van der Waals surface area contributed by atoms with E-state index in [1.165, 1.54) is 32.4 Å². The molecule has 1 aromatic heterocycles. The number of methoxy groups -OCH3 is 1. The largest absolute Gasteiger partial charge is 0.452 e. The van der Waals surface area contributed by atoms with E-state index in [1.54, 1.807) is 6.92 Å². The zero-order valence-electron chi connectivity index (χ0n) is 18.3. The third-order valence-electron chi connectivity index (χ3n) is 5.42. The molecule has 1 aliphatic heterocycles. The lowest BCUT2D eigenvalue weighted by Gasteiger charge is -2.14. The van der Waals surface area contributed by atoms with E-state index >= 15 is 0 Å². The molecule has 0 radical (unpaired) electrons. The maximum atomic E-state index is 12.8. The summed E-state index contributed by atoms with van der Waals surface area (Å²) in [6.45, 7) is 1.36. The molecule has 0 saturated heterocycles. The average Bonchev–Trinajstić information content (AvgIpc) is 3.01. The summed E-state index contributed by atoms with van der Waals surface area (Å²) in [6.07, 6.45) is 0. The van der Waals surface area contributed by atoms with E-state index in [4.69, 9.17) is 9.47 Å². The van der Waals surface area contributed by atoms with Crippen molar-refractivity contribution in [3.63, 3.8) is 0 Å². The number of rotatable bonds is 6. The fraction of sp³-hybridized carbons (Fsp3) is 0.208. The van der Waals surface area contributed by atoms with E-state index in [0.717, 1.165) is 15.8 Å². The number of hydrogen-bond donors (Lipinski definition) is 1. The summed E-state index contributed by atoms with van der Waals surface area (Å²) in [6, 6.07) is 11.8. The second-order valence-electron chi connectivity index (χ2n) is 7.56. The van der Waals surface area contributed by atoms with Crippen LogP contribution in [0.15, 0.2) is 42.5 Å². The van der Waals surface area contributed by atoms with Crippen molar-refractivity contribution in [2.45, 2.75) is 13.5 Å². The third-order valence-corrected chi connectivity index (χ3v) is 5.42. The minimum absolute atomic E-state index is 0.110. The van der Waals surface area contributed by atoms with Gasteiger partial charge in [-0.3, -0.25) is 19.3 Å². The molecule has 9 nitrogen and oxygen atoms in total. The number of nitrogens with one attached hydrogen (secondary N) is 1. The van der Waals surface area contributed by atoms with Gasteiger partial charge in [0, 0.05) is 25.2 Å². The normalized spacial score (nSPS) is 12.8. The van der Waals surface area contributed by atoms with Crippen LogP contribution in [-0.2, 0) is 20.9 Å². The van der Waals surface area contributed by atoms with Crippen LogP contribution in [0.3, 0.4) is 0 Å². The molecule has 1 aliphatic rings. The third kappa shape index (κ3) is 4.06. The lowest BCUT2D eigenvalue weighted by atomic mass is 10.0. The van der Waals surface area contributed by atoms with Crippen molar-refractivity contribution in [2.75, 3.05) is 26.1 Å². The molecule has 4 rings (SSSR count). The van der Waals surface area contributed by atoms with Crippen LogP contribution in [0.2, 0.25) is 0 Å². The second-order valence-corrected chi connectivity index (χ2v) is 7.56. The SMILES string of the molecule is COCc1nc2ccccc2c(C)c1C(=O)OCC(=O)Nc1ccc2c(c1)C(=O)N(C)C2=O. The Morgan fingerprint density at radius 2 is 1.79 bits per heavy atom. The topological polar surface area (TPSA) is 115 Å². The molecule has 1 N–H and O–H groups in total. The molecule has 168 valence electrons. The summed E-state index contributed by atoms with van der Waals surface area (Å²) in [5, 5.41) is 3.38. The number of ether oxygens (including phenoxy) is 2. The number of carbonyl (C=O) groups excluding carboxylic acids is 4. The first kappa shape index (κ1) is 22.1. The number of carbonyl (C=O) groups is 4. The number of hydrogen-bond acceptors (Lipinski definition) is 7. The predicted octanol–water partition coefficient (Wildman–Crippen LogP) is 2.71. The number of nitrogens with zero attached hydrogens (tertiary/aromatic N) is 2. The Kier molecular flexibility index (Phi) is 5.89. The number of amides is 3. The highest BCUT2D eigenvalue weighted by Gasteiger charge is 2.32. The smallest absolute Gasteiger partial charge is 0.340 e. The Hall–Kier alpha value is -4.11. The minimum Gasteiger partial charge on any atom is -0.452 e. The van der Waals surface area contributed by atoms with E-state index in [2.05, 4.69) is 10.3 Å². The Morgan fingerprint density at radius 1 is 1.06 bits per heavy atom. The van der Waals surface area contributed by atoms with Gasteiger partial charge in [-0.2, -0.15) is 0 Å². The van der Waals surface area contributed by atoms with Crippen LogP contribution in [-0.4, -0.2) is 54.3 Å². The van der Waals surface area contributed by atoms with Gasteiger partial charge in [0.15, 0.2) is 6.61 Å². The highest BCUT2D eigenvalue weighted by molar-refractivity contribution is 6.21. The molecule has 2 heterocycles. The number of aryl methyl sites for hydroxylation is 1. The number of esters is 1. The van der Waals surface area contributed by atoms with Gasteiger partial charge in [0.05, 0.1) is 34.5 Å². The molecule has 0 saturated carbocycles. The van der Waals surface area contributed by atoms with Gasteiger partial charge in [-0.25, -0.2) is 9.78 Å². The fourth-order valence-electron chi connectivity index (χ4n) is 3.79. The van der Waals surface area contributed by atoms with Crippen LogP contribution >= 0.6 is 0 Å². The van der Waals surface area contributed by atoms with E-state index in [0.29, 0.717) is 16.9 Å². The van der Waals surface area contributed by atoms with Crippen LogP contribution in [0.4, 0.5) is 5.69 Å². The van der Waals surface area contributed by atoms with Gasteiger partial charge in [-0.1, -0.05) is 18.2 Å². The number of imide groups is 1. The number of para-hydroxylation sites is 1.